The van der Waals surface area contributed by atoms with Crippen molar-refractivity contribution in [2.45, 2.75) is 32.1 Å². The Balaban J connectivity index is 1.44. The summed E-state index contributed by atoms with van der Waals surface area (Å²) in [6.07, 6.45) is 4.18. The molecule has 0 radical (unpaired) electrons. The predicted molar refractivity (Wildman–Crippen MR) is 111 cm³/mol. The Labute approximate surface area is 183 Å². The highest BCUT2D eigenvalue weighted by Crippen LogP contribution is 2.37. The molecule has 29 heavy (non-hydrogen) atoms. The maximum Gasteiger partial charge on any atom is 0.169 e. The molecular formula is C20H18Cl3N3O3. The quantitative estimate of drug-likeness (QED) is 0.452. The van der Waals surface area contributed by atoms with E-state index in [2.05, 4.69) is 10.3 Å². The lowest BCUT2D eigenvalue weighted by molar-refractivity contribution is 0.0935. The lowest BCUT2D eigenvalue weighted by atomic mass is 10.2. The van der Waals surface area contributed by atoms with E-state index >= 15 is 0 Å². The number of ether oxygens (including phenoxy) is 3. The summed E-state index contributed by atoms with van der Waals surface area (Å²) in [5, 5.41) is 9.75. The van der Waals surface area contributed by atoms with Crippen molar-refractivity contribution in [2.75, 3.05) is 6.61 Å². The summed E-state index contributed by atoms with van der Waals surface area (Å²) >= 11 is 18.3. The van der Waals surface area contributed by atoms with Crippen molar-refractivity contribution in [3.63, 3.8) is 0 Å². The molecule has 1 aliphatic rings. The standard InChI is InChI=1S/C20H18Cl3N3O3/c21-13-3-5-18(17(23)8-13)29-19-6-4-14(22)9-20(19)28-12-15-10-26(25-24-15)11-16-2-1-7-27-16/h3-6,8-10,16H,1-2,7,11-12H2. The SMILES string of the molecule is Clc1ccc(Oc2ccc(Cl)cc2OCc2cn(CC3CCCO3)nn2)c(Cl)c1. The van der Waals surface area contributed by atoms with E-state index in [0.29, 0.717) is 44.6 Å². The molecule has 0 amide bonds. The van der Waals surface area contributed by atoms with Gasteiger partial charge in [-0.05, 0) is 43.2 Å². The van der Waals surface area contributed by atoms with Gasteiger partial charge < -0.3 is 14.2 Å². The van der Waals surface area contributed by atoms with Gasteiger partial charge >= 0.3 is 0 Å². The first kappa shape index (κ1) is 20.3. The summed E-state index contributed by atoms with van der Waals surface area (Å²) in [5.41, 5.74) is 0.693. The molecule has 152 valence electrons. The second kappa shape index (κ2) is 9.22. The van der Waals surface area contributed by atoms with Gasteiger partial charge in [-0.3, -0.25) is 0 Å². The predicted octanol–water partition coefficient (Wildman–Crippen LogP) is 5.79. The van der Waals surface area contributed by atoms with Crippen LogP contribution in [0.2, 0.25) is 15.1 Å². The highest BCUT2D eigenvalue weighted by atomic mass is 35.5. The van der Waals surface area contributed by atoms with E-state index < -0.39 is 0 Å². The van der Waals surface area contributed by atoms with Gasteiger partial charge in [0.05, 0.1) is 23.9 Å². The van der Waals surface area contributed by atoms with E-state index in [9.17, 15) is 0 Å². The number of hydrogen-bond donors (Lipinski definition) is 0. The average Bonchev–Trinajstić information content (AvgIpc) is 3.36. The molecule has 0 saturated carbocycles. The largest absolute Gasteiger partial charge is 0.483 e. The maximum absolute atomic E-state index is 6.20. The third-order valence-electron chi connectivity index (χ3n) is 4.40. The maximum atomic E-state index is 6.20. The minimum absolute atomic E-state index is 0.197. The Bertz CT molecular complexity index is 990. The number of aromatic nitrogens is 3. The molecule has 3 aromatic rings. The minimum Gasteiger partial charge on any atom is -0.483 e. The average molecular weight is 455 g/mol. The normalized spacial score (nSPS) is 16.2. The Morgan fingerprint density at radius 1 is 1.03 bits per heavy atom. The zero-order valence-electron chi connectivity index (χ0n) is 15.4. The van der Waals surface area contributed by atoms with Gasteiger partial charge in [0.2, 0.25) is 0 Å². The molecule has 0 bridgehead atoms. The van der Waals surface area contributed by atoms with E-state index in [1.807, 2.05) is 6.20 Å². The molecule has 2 aromatic carbocycles. The van der Waals surface area contributed by atoms with Crippen LogP contribution in [0.5, 0.6) is 17.2 Å². The summed E-state index contributed by atoms with van der Waals surface area (Å²) in [4.78, 5) is 0. The highest BCUT2D eigenvalue weighted by molar-refractivity contribution is 6.35. The highest BCUT2D eigenvalue weighted by Gasteiger charge is 2.17. The summed E-state index contributed by atoms with van der Waals surface area (Å²) < 4.78 is 19.2. The fourth-order valence-corrected chi connectivity index (χ4v) is 3.61. The van der Waals surface area contributed by atoms with Crippen molar-refractivity contribution in [2.24, 2.45) is 0 Å². The van der Waals surface area contributed by atoms with E-state index in [4.69, 9.17) is 49.0 Å². The van der Waals surface area contributed by atoms with Crippen LogP contribution >= 0.6 is 34.8 Å². The van der Waals surface area contributed by atoms with Crippen LogP contribution in [-0.2, 0) is 17.9 Å². The molecule has 1 atom stereocenters. The number of hydrogen-bond acceptors (Lipinski definition) is 5. The molecule has 1 fully saturated rings. The van der Waals surface area contributed by atoms with Crippen LogP contribution in [-0.4, -0.2) is 27.7 Å². The second-order valence-corrected chi connectivity index (χ2v) is 7.90. The first-order valence-corrected chi connectivity index (χ1v) is 10.3. The van der Waals surface area contributed by atoms with Crippen molar-refractivity contribution in [3.8, 4) is 17.2 Å². The summed E-state index contributed by atoms with van der Waals surface area (Å²) in [6, 6.07) is 10.1. The zero-order valence-corrected chi connectivity index (χ0v) is 17.6. The number of nitrogens with zero attached hydrogens (tertiary/aromatic N) is 3. The number of halogens is 3. The van der Waals surface area contributed by atoms with Crippen LogP contribution in [0.1, 0.15) is 18.5 Å². The summed E-state index contributed by atoms with van der Waals surface area (Å²) in [7, 11) is 0. The molecule has 0 N–H and O–H groups in total. The molecule has 1 aromatic heterocycles. The van der Waals surface area contributed by atoms with Crippen molar-refractivity contribution in [3.05, 3.63) is 63.4 Å². The molecule has 0 spiro atoms. The lowest BCUT2D eigenvalue weighted by Gasteiger charge is -2.13. The molecular weight excluding hydrogens is 437 g/mol. The lowest BCUT2D eigenvalue weighted by Crippen LogP contribution is -2.15. The Morgan fingerprint density at radius 2 is 1.83 bits per heavy atom. The monoisotopic (exact) mass is 453 g/mol. The van der Waals surface area contributed by atoms with Gasteiger partial charge in [-0.15, -0.1) is 5.10 Å². The van der Waals surface area contributed by atoms with Gasteiger partial charge in [0, 0.05) is 22.7 Å². The molecule has 1 saturated heterocycles. The van der Waals surface area contributed by atoms with Crippen LogP contribution in [0, 0.1) is 0 Å². The number of benzene rings is 2. The van der Waals surface area contributed by atoms with Gasteiger partial charge in [-0.1, -0.05) is 40.0 Å². The fraction of sp³-hybridized carbons (Fsp3) is 0.300. The third kappa shape index (κ3) is 5.34. The van der Waals surface area contributed by atoms with Gasteiger partial charge in [0.15, 0.2) is 11.5 Å². The summed E-state index contributed by atoms with van der Waals surface area (Å²) in [5.74, 6) is 1.41. The first-order chi connectivity index (χ1) is 14.1. The van der Waals surface area contributed by atoms with Crippen LogP contribution < -0.4 is 9.47 Å². The second-order valence-electron chi connectivity index (χ2n) is 6.62. The molecule has 4 rings (SSSR count). The van der Waals surface area contributed by atoms with Crippen LogP contribution in [0.25, 0.3) is 0 Å². The van der Waals surface area contributed by atoms with E-state index in [1.165, 1.54) is 0 Å². The van der Waals surface area contributed by atoms with Crippen molar-refractivity contribution in [1.82, 2.24) is 15.0 Å². The minimum atomic E-state index is 0.197. The Morgan fingerprint density at radius 3 is 2.59 bits per heavy atom. The Kier molecular flexibility index (Phi) is 6.45. The van der Waals surface area contributed by atoms with Crippen molar-refractivity contribution >= 4 is 34.8 Å². The van der Waals surface area contributed by atoms with Crippen LogP contribution in [0.3, 0.4) is 0 Å². The van der Waals surface area contributed by atoms with Crippen molar-refractivity contribution < 1.29 is 14.2 Å². The van der Waals surface area contributed by atoms with Crippen molar-refractivity contribution in [1.29, 1.82) is 0 Å². The molecule has 1 aliphatic heterocycles. The third-order valence-corrected chi connectivity index (χ3v) is 5.16. The Hall–Kier alpha value is -1.99. The van der Waals surface area contributed by atoms with E-state index in [1.54, 1.807) is 41.1 Å². The molecule has 0 aliphatic carbocycles. The van der Waals surface area contributed by atoms with Gasteiger partial charge in [0.25, 0.3) is 0 Å². The fourth-order valence-electron chi connectivity index (χ4n) is 3.00. The topological polar surface area (TPSA) is 58.4 Å². The molecule has 9 heteroatoms. The summed E-state index contributed by atoms with van der Waals surface area (Å²) in [6.45, 7) is 1.72. The van der Waals surface area contributed by atoms with Gasteiger partial charge in [-0.25, -0.2) is 4.68 Å². The number of rotatable bonds is 7. The zero-order chi connectivity index (χ0) is 20.2. The molecule has 2 heterocycles. The van der Waals surface area contributed by atoms with Crippen LogP contribution in [0.4, 0.5) is 0 Å². The molecule has 1 unspecified atom stereocenters. The smallest absolute Gasteiger partial charge is 0.169 e. The van der Waals surface area contributed by atoms with Gasteiger partial charge in [-0.2, -0.15) is 0 Å². The van der Waals surface area contributed by atoms with Gasteiger partial charge in [0.1, 0.15) is 18.1 Å². The first-order valence-electron chi connectivity index (χ1n) is 9.13. The van der Waals surface area contributed by atoms with E-state index in [-0.39, 0.29) is 12.7 Å². The van der Waals surface area contributed by atoms with E-state index in [0.717, 1.165) is 19.4 Å². The molecule has 6 nitrogen and oxygen atoms in total. The van der Waals surface area contributed by atoms with Crippen LogP contribution in [0.15, 0.2) is 42.6 Å².